The number of nitrogens with one attached hydrogen (secondary N) is 1. The molecule has 2 aromatic rings. The van der Waals surface area contributed by atoms with E-state index in [2.05, 4.69) is 28.5 Å². The van der Waals surface area contributed by atoms with Crippen molar-refractivity contribution in [2.45, 2.75) is 38.3 Å². The molecule has 1 aliphatic carbocycles. The molecule has 0 bridgehead atoms. The number of rotatable bonds is 6. The number of pyridine rings is 1. The minimum absolute atomic E-state index is 0.563. The standard InChI is InChI=1S/C19H24N2O2/c1-13-4-5-14(11-20-13)16-8-17(9-16)21-12-15-6-7-18(22-2)10-19(15)23-3/h4-7,10-11,16-17,21H,8-9,12H2,1-3H3. The van der Waals surface area contributed by atoms with Gasteiger partial charge in [0.2, 0.25) is 0 Å². The third-order valence-corrected chi connectivity index (χ3v) is 4.62. The molecule has 1 N–H and O–H groups in total. The topological polar surface area (TPSA) is 43.4 Å². The van der Waals surface area contributed by atoms with Crippen LogP contribution in [0, 0.1) is 6.92 Å². The summed E-state index contributed by atoms with van der Waals surface area (Å²) in [5.74, 6) is 2.33. The van der Waals surface area contributed by atoms with Gasteiger partial charge in [0.15, 0.2) is 0 Å². The summed E-state index contributed by atoms with van der Waals surface area (Å²) in [6.45, 7) is 2.84. The second-order valence-electron chi connectivity index (χ2n) is 6.16. The smallest absolute Gasteiger partial charge is 0.127 e. The quantitative estimate of drug-likeness (QED) is 0.887. The summed E-state index contributed by atoms with van der Waals surface area (Å²) in [6.07, 6.45) is 4.36. The molecule has 1 fully saturated rings. The van der Waals surface area contributed by atoms with Crippen molar-refractivity contribution in [1.82, 2.24) is 10.3 Å². The zero-order chi connectivity index (χ0) is 16.2. The van der Waals surface area contributed by atoms with Crippen LogP contribution < -0.4 is 14.8 Å². The van der Waals surface area contributed by atoms with Crippen molar-refractivity contribution in [2.75, 3.05) is 14.2 Å². The van der Waals surface area contributed by atoms with E-state index in [1.54, 1.807) is 14.2 Å². The molecule has 1 aromatic carbocycles. The molecule has 0 amide bonds. The Labute approximate surface area is 137 Å². The largest absolute Gasteiger partial charge is 0.497 e. The second kappa shape index (κ2) is 7.01. The first-order chi connectivity index (χ1) is 11.2. The first-order valence-corrected chi connectivity index (χ1v) is 8.06. The Kier molecular flexibility index (Phi) is 4.82. The first-order valence-electron chi connectivity index (χ1n) is 8.06. The van der Waals surface area contributed by atoms with Crippen LogP contribution in [0.1, 0.15) is 35.6 Å². The van der Waals surface area contributed by atoms with Crippen LogP contribution in [0.5, 0.6) is 11.5 Å². The molecular weight excluding hydrogens is 288 g/mol. The van der Waals surface area contributed by atoms with Crippen molar-refractivity contribution in [3.05, 3.63) is 53.3 Å². The van der Waals surface area contributed by atoms with E-state index >= 15 is 0 Å². The van der Waals surface area contributed by atoms with Gasteiger partial charge in [-0.05, 0) is 43.4 Å². The van der Waals surface area contributed by atoms with Crippen LogP contribution in [0.15, 0.2) is 36.5 Å². The van der Waals surface area contributed by atoms with Gasteiger partial charge >= 0.3 is 0 Å². The predicted octanol–water partition coefficient (Wildman–Crippen LogP) is 3.44. The van der Waals surface area contributed by atoms with Gasteiger partial charge in [-0.1, -0.05) is 12.1 Å². The zero-order valence-electron chi connectivity index (χ0n) is 14.0. The maximum absolute atomic E-state index is 5.45. The Morgan fingerprint density at radius 3 is 2.61 bits per heavy atom. The SMILES string of the molecule is COc1ccc(CNC2CC(c3ccc(C)nc3)C2)c(OC)c1. The lowest BCUT2D eigenvalue weighted by molar-refractivity contribution is 0.287. The van der Waals surface area contributed by atoms with E-state index in [0.717, 1.165) is 29.3 Å². The van der Waals surface area contributed by atoms with Gasteiger partial charge in [-0.25, -0.2) is 0 Å². The molecule has 4 heteroatoms. The molecule has 1 saturated carbocycles. The lowest BCUT2D eigenvalue weighted by Crippen LogP contribution is -2.39. The normalized spacial score (nSPS) is 20.0. The van der Waals surface area contributed by atoms with Gasteiger partial charge in [0.1, 0.15) is 11.5 Å². The molecule has 1 aliphatic rings. The minimum Gasteiger partial charge on any atom is -0.497 e. The monoisotopic (exact) mass is 312 g/mol. The summed E-state index contributed by atoms with van der Waals surface area (Å²) >= 11 is 0. The molecule has 4 nitrogen and oxygen atoms in total. The third kappa shape index (κ3) is 3.64. The number of ether oxygens (including phenoxy) is 2. The first kappa shape index (κ1) is 15.8. The fourth-order valence-electron chi connectivity index (χ4n) is 3.03. The van der Waals surface area contributed by atoms with Gasteiger partial charge in [-0.15, -0.1) is 0 Å². The Morgan fingerprint density at radius 2 is 1.96 bits per heavy atom. The minimum atomic E-state index is 0.563. The fraction of sp³-hybridized carbons (Fsp3) is 0.421. The lowest BCUT2D eigenvalue weighted by atomic mass is 9.76. The summed E-state index contributed by atoms with van der Waals surface area (Å²) in [5.41, 5.74) is 3.60. The Morgan fingerprint density at radius 1 is 1.13 bits per heavy atom. The Hall–Kier alpha value is -2.07. The van der Waals surface area contributed by atoms with Gasteiger partial charge in [-0.3, -0.25) is 4.98 Å². The van der Waals surface area contributed by atoms with Crippen molar-refractivity contribution >= 4 is 0 Å². The number of nitrogens with zero attached hydrogens (tertiary/aromatic N) is 1. The predicted molar refractivity (Wildman–Crippen MR) is 91.1 cm³/mol. The number of hydrogen-bond donors (Lipinski definition) is 1. The maximum Gasteiger partial charge on any atom is 0.127 e. The molecule has 1 heterocycles. The van der Waals surface area contributed by atoms with Crippen molar-refractivity contribution < 1.29 is 9.47 Å². The van der Waals surface area contributed by atoms with Crippen LogP contribution in [-0.2, 0) is 6.54 Å². The van der Waals surface area contributed by atoms with Crippen LogP contribution in [0.25, 0.3) is 0 Å². The van der Waals surface area contributed by atoms with Crippen LogP contribution in [0.2, 0.25) is 0 Å². The average Bonchev–Trinajstić information content (AvgIpc) is 2.55. The fourth-order valence-corrected chi connectivity index (χ4v) is 3.03. The van der Waals surface area contributed by atoms with E-state index in [-0.39, 0.29) is 0 Å². The highest BCUT2D eigenvalue weighted by molar-refractivity contribution is 5.40. The number of benzene rings is 1. The lowest BCUT2D eigenvalue weighted by Gasteiger charge is -2.36. The van der Waals surface area contributed by atoms with Crippen LogP contribution in [-0.4, -0.2) is 25.2 Å². The number of hydrogen-bond acceptors (Lipinski definition) is 4. The molecule has 1 aromatic heterocycles. The molecule has 0 unspecified atom stereocenters. The van der Waals surface area contributed by atoms with Gasteiger partial charge in [-0.2, -0.15) is 0 Å². The Balaban J connectivity index is 1.52. The Bertz CT molecular complexity index is 649. The molecule has 3 rings (SSSR count). The molecule has 0 spiro atoms. The van der Waals surface area contributed by atoms with E-state index in [4.69, 9.17) is 9.47 Å². The van der Waals surface area contributed by atoms with Gasteiger partial charge in [0, 0.05) is 36.1 Å². The average molecular weight is 312 g/mol. The molecule has 0 saturated heterocycles. The molecule has 0 aliphatic heterocycles. The highest BCUT2D eigenvalue weighted by atomic mass is 16.5. The van der Waals surface area contributed by atoms with Crippen LogP contribution >= 0.6 is 0 Å². The van der Waals surface area contributed by atoms with E-state index < -0.39 is 0 Å². The molecule has 23 heavy (non-hydrogen) atoms. The van der Waals surface area contributed by atoms with Gasteiger partial charge in [0.25, 0.3) is 0 Å². The third-order valence-electron chi connectivity index (χ3n) is 4.62. The summed E-state index contributed by atoms with van der Waals surface area (Å²) in [4.78, 5) is 4.39. The number of methoxy groups -OCH3 is 2. The van der Waals surface area contributed by atoms with E-state index in [0.29, 0.717) is 12.0 Å². The zero-order valence-corrected chi connectivity index (χ0v) is 14.0. The highest BCUT2D eigenvalue weighted by Gasteiger charge is 2.30. The van der Waals surface area contributed by atoms with Crippen molar-refractivity contribution in [2.24, 2.45) is 0 Å². The number of aromatic nitrogens is 1. The second-order valence-corrected chi connectivity index (χ2v) is 6.16. The molecule has 0 atom stereocenters. The van der Waals surface area contributed by atoms with Gasteiger partial charge < -0.3 is 14.8 Å². The summed E-state index contributed by atoms with van der Waals surface area (Å²) < 4.78 is 10.7. The van der Waals surface area contributed by atoms with E-state index in [9.17, 15) is 0 Å². The van der Waals surface area contributed by atoms with Gasteiger partial charge in [0.05, 0.1) is 14.2 Å². The molecular formula is C19H24N2O2. The van der Waals surface area contributed by atoms with Crippen LogP contribution in [0.4, 0.5) is 0 Å². The van der Waals surface area contributed by atoms with Crippen molar-refractivity contribution in [3.63, 3.8) is 0 Å². The molecule has 122 valence electrons. The summed E-state index contributed by atoms with van der Waals surface area (Å²) in [5, 5.41) is 3.62. The maximum atomic E-state index is 5.45. The summed E-state index contributed by atoms with van der Waals surface area (Å²) in [6, 6.07) is 10.8. The van der Waals surface area contributed by atoms with E-state index in [1.807, 2.05) is 25.3 Å². The van der Waals surface area contributed by atoms with Crippen LogP contribution in [0.3, 0.4) is 0 Å². The summed E-state index contributed by atoms with van der Waals surface area (Å²) in [7, 11) is 3.36. The number of aryl methyl sites for hydroxylation is 1. The highest BCUT2D eigenvalue weighted by Crippen LogP contribution is 2.37. The molecule has 0 radical (unpaired) electrons. The van der Waals surface area contributed by atoms with E-state index in [1.165, 1.54) is 18.4 Å². The van der Waals surface area contributed by atoms with Crippen molar-refractivity contribution in [1.29, 1.82) is 0 Å². The van der Waals surface area contributed by atoms with Crippen molar-refractivity contribution in [3.8, 4) is 11.5 Å².